The lowest BCUT2D eigenvalue weighted by atomic mass is 10.1. The van der Waals surface area contributed by atoms with Gasteiger partial charge in [-0.15, -0.1) is 0 Å². The summed E-state index contributed by atoms with van der Waals surface area (Å²) in [5, 5.41) is 5.83. The molecule has 0 bridgehead atoms. The first-order valence-electron chi connectivity index (χ1n) is 11.0. The molecule has 0 atom stereocenters. The van der Waals surface area contributed by atoms with Gasteiger partial charge < -0.3 is 15.2 Å². The second-order valence-electron chi connectivity index (χ2n) is 7.78. The van der Waals surface area contributed by atoms with Crippen molar-refractivity contribution in [3.63, 3.8) is 0 Å². The molecule has 0 spiro atoms. The molecule has 156 valence electrons. The van der Waals surface area contributed by atoms with Crippen LogP contribution in [-0.2, 0) is 0 Å². The minimum absolute atomic E-state index is 0.764. The lowest BCUT2D eigenvalue weighted by molar-refractivity contribution is 0.298. The van der Waals surface area contributed by atoms with Gasteiger partial charge >= 0.3 is 0 Å². The van der Waals surface area contributed by atoms with Gasteiger partial charge in [0, 0.05) is 34.6 Å². The Morgan fingerprint density at radius 2 is 1.73 bits per heavy atom. The molecule has 0 aliphatic heterocycles. The Hall–Kier alpha value is -2.92. The normalized spacial score (nSPS) is 11.6. The SMILES string of the molecule is CCN(CC)CCCCNc1nc(-c2c[nH]c3ccccc23)nc2c(C)cccc12. The molecular weight excluding hydrogens is 370 g/mol. The number of hydrogen-bond acceptors (Lipinski definition) is 4. The number of aromatic nitrogens is 3. The number of rotatable bonds is 9. The molecule has 4 aromatic rings. The smallest absolute Gasteiger partial charge is 0.164 e. The number of anilines is 1. The van der Waals surface area contributed by atoms with Crippen LogP contribution in [0.15, 0.2) is 48.7 Å². The number of fused-ring (bicyclic) bond motifs is 2. The predicted octanol–water partition coefficient (Wildman–Crippen LogP) is 5.62. The fourth-order valence-electron chi connectivity index (χ4n) is 4.01. The van der Waals surface area contributed by atoms with Crippen LogP contribution in [0.4, 0.5) is 5.82 Å². The zero-order chi connectivity index (χ0) is 20.9. The van der Waals surface area contributed by atoms with Crippen LogP contribution in [0.5, 0.6) is 0 Å². The molecule has 2 aromatic heterocycles. The first-order chi connectivity index (χ1) is 14.7. The van der Waals surface area contributed by atoms with Gasteiger partial charge in [-0.3, -0.25) is 0 Å². The molecule has 0 aliphatic carbocycles. The molecule has 2 heterocycles. The largest absolute Gasteiger partial charge is 0.369 e. The highest BCUT2D eigenvalue weighted by molar-refractivity contribution is 5.97. The highest BCUT2D eigenvalue weighted by Crippen LogP contribution is 2.30. The minimum atomic E-state index is 0.764. The van der Waals surface area contributed by atoms with Gasteiger partial charge in [0.25, 0.3) is 0 Å². The van der Waals surface area contributed by atoms with Crippen LogP contribution in [0, 0.1) is 6.92 Å². The first kappa shape index (κ1) is 20.4. The third kappa shape index (κ3) is 4.17. The number of aryl methyl sites for hydroxylation is 1. The number of benzene rings is 2. The predicted molar refractivity (Wildman–Crippen MR) is 127 cm³/mol. The second-order valence-corrected chi connectivity index (χ2v) is 7.78. The lowest BCUT2D eigenvalue weighted by Crippen LogP contribution is -2.24. The van der Waals surface area contributed by atoms with Crippen molar-refractivity contribution < 1.29 is 0 Å². The van der Waals surface area contributed by atoms with Crippen LogP contribution in [0.3, 0.4) is 0 Å². The minimum Gasteiger partial charge on any atom is -0.369 e. The zero-order valence-electron chi connectivity index (χ0n) is 18.2. The molecule has 0 saturated carbocycles. The standard InChI is InChI=1S/C25H31N5/c1-4-30(5-2)16-9-8-15-26-24-20-13-10-11-18(3)23(20)28-25(29-24)21-17-27-22-14-7-6-12-19(21)22/h6-7,10-14,17,27H,4-5,8-9,15-16H2,1-3H3,(H,26,28,29). The summed E-state index contributed by atoms with van der Waals surface area (Å²) < 4.78 is 0. The van der Waals surface area contributed by atoms with Crippen molar-refractivity contribution in [3.05, 3.63) is 54.2 Å². The van der Waals surface area contributed by atoms with E-state index >= 15 is 0 Å². The average Bonchev–Trinajstić information content (AvgIpc) is 3.21. The molecule has 0 radical (unpaired) electrons. The van der Waals surface area contributed by atoms with E-state index in [0.717, 1.165) is 71.6 Å². The van der Waals surface area contributed by atoms with Gasteiger partial charge in [0.1, 0.15) is 5.82 Å². The molecule has 0 unspecified atom stereocenters. The van der Waals surface area contributed by atoms with E-state index in [9.17, 15) is 0 Å². The summed E-state index contributed by atoms with van der Waals surface area (Å²) in [4.78, 5) is 15.7. The third-order valence-electron chi connectivity index (χ3n) is 5.85. The van der Waals surface area contributed by atoms with Crippen LogP contribution < -0.4 is 5.32 Å². The number of unbranched alkanes of at least 4 members (excludes halogenated alkanes) is 1. The van der Waals surface area contributed by atoms with E-state index in [1.807, 2.05) is 12.3 Å². The molecule has 5 nitrogen and oxygen atoms in total. The third-order valence-corrected chi connectivity index (χ3v) is 5.85. The Balaban J connectivity index is 1.61. The van der Waals surface area contributed by atoms with Crippen molar-refractivity contribution in [2.24, 2.45) is 0 Å². The maximum absolute atomic E-state index is 4.95. The summed E-state index contributed by atoms with van der Waals surface area (Å²) in [5.74, 6) is 1.69. The molecule has 0 fully saturated rings. The van der Waals surface area contributed by atoms with Gasteiger partial charge in [0.05, 0.1) is 5.52 Å². The van der Waals surface area contributed by atoms with Gasteiger partial charge in [0.15, 0.2) is 5.82 Å². The van der Waals surface area contributed by atoms with Gasteiger partial charge in [-0.2, -0.15) is 0 Å². The Morgan fingerprint density at radius 3 is 2.57 bits per heavy atom. The summed E-state index contributed by atoms with van der Waals surface area (Å²) in [6.07, 6.45) is 4.32. The molecule has 0 saturated heterocycles. The Bertz CT molecular complexity index is 1130. The van der Waals surface area contributed by atoms with E-state index in [-0.39, 0.29) is 0 Å². The maximum atomic E-state index is 4.95. The first-order valence-corrected chi connectivity index (χ1v) is 11.0. The summed E-state index contributed by atoms with van der Waals surface area (Å²) in [6.45, 7) is 10.9. The fraction of sp³-hybridized carbons (Fsp3) is 0.360. The molecule has 4 rings (SSSR count). The zero-order valence-corrected chi connectivity index (χ0v) is 18.2. The van der Waals surface area contributed by atoms with Gasteiger partial charge in [-0.05, 0) is 57.1 Å². The monoisotopic (exact) mass is 401 g/mol. The summed E-state index contributed by atoms with van der Waals surface area (Å²) >= 11 is 0. The highest BCUT2D eigenvalue weighted by Gasteiger charge is 2.14. The van der Waals surface area contributed by atoms with E-state index in [4.69, 9.17) is 9.97 Å². The lowest BCUT2D eigenvalue weighted by Gasteiger charge is -2.17. The molecule has 0 amide bonds. The van der Waals surface area contributed by atoms with Gasteiger partial charge in [-0.25, -0.2) is 9.97 Å². The molecule has 2 aromatic carbocycles. The van der Waals surface area contributed by atoms with E-state index in [2.05, 4.69) is 72.4 Å². The van der Waals surface area contributed by atoms with E-state index < -0.39 is 0 Å². The van der Waals surface area contributed by atoms with Gasteiger partial charge in [-0.1, -0.05) is 44.2 Å². The van der Waals surface area contributed by atoms with E-state index in [0.29, 0.717) is 0 Å². The van der Waals surface area contributed by atoms with Crippen molar-refractivity contribution in [3.8, 4) is 11.4 Å². The molecule has 2 N–H and O–H groups in total. The Kier molecular flexibility index (Phi) is 6.29. The number of nitrogens with zero attached hydrogens (tertiary/aromatic N) is 3. The van der Waals surface area contributed by atoms with Crippen LogP contribution in [0.2, 0.25) is 0 Å². The summed E-state index contributed by atoms with van der Waals surface area (Å²) in [5.41, 5.74) is 4.33. The second kappa shape index (κ2) is 9.26. The quantitative estimate of drug-likeness (QED) is 0.357. The van der Waals surface area contributed by atoms with Crippen molar-refractivity contribution in [1.82, 2.24) is 19.9 Å². The Labute approximate surface area is 178 Å². The van der Waals surface area contributed by atoms with Crippen molar-refractivity contribution in [1.29, 1.82) is 0 Å². The van der Waals surface area contributed by atoms with Crippen LogP contribution in [0.1, 0.15) is 32.3 Å². The Morgan fingerprint density at radius 1 is 0.933 bits per heavy atom. The molecule has 5 heteroatoms. The number of hydrogen-bond donors (Lipinski definition) is 2. The topological polar surface area (TPSA) is 56.8 Å². The number of nitrogens with one attached hydrogen (secondary N) is 2. The molecular formula is C25H31N5. The fourth-order valence-corrected chi connectivity index (χ4v) is 4.01. The number of para-hydroxylation sites is 2. The van der Waals surface area contributed by atoms with Crippen LogP contribution >= 0.6 is 0 Å². The van der Waals surface area contributed by atoms with E-state index in [1.165, 1.54) is 12.0 Å². The van der Waals surface area contributed by atoms with Crippen molar-refractivity contribution in [2.45, 2.75) is 33.6 Å². The van der Waals surface area contributed by atoms with Gasteiger partial charge in [0.2, 0.25) is 0 Å². The molecule has 0 aliphatic rings. The summed E-state index contributed by atoms with van der Waals surface area (Å²) in [6, 6.07) is 14.6. The van der Waals surface area contributed by atoms with E-state index in [1.54, 1.807) is 0 Å². The average molecular weight is 402 g/mol. The van der Waals surface area contributed by atoms with Crippen molar-refractivity contribution >= 4 is 27.6 Å². The van der Waals surface area contributed by atoms with Crippen LogP contribution in [0.25, 0.3) is 33.2 Å². The van der Waals surface area contributed by atoms with Crippen LogP contribution in [-0.4, -0.2) is 46.0 Å². The molecule has 30 heavy (non-hydrogen) atoms. The van der Waals surface area contributed by atoms with Crippen molar-refractivity contribution in [2.75, 3.05) is 31.5 Å². The number of aromatic amines is 1. The maximum Gasteiger partial charge on any atom is 0.164 e. The highest BCUT2D eigenvalue weighted by atomic mass is 15.1. The number of H-pyrrole nitrogens is 1. The summed E-state index contributed by atoms with van der Waals surface area (Å²) in [7, 11) is 0.